The fourth-order valence-corrected chi connectivity index (χ4v) is 3.68. The number of nitrogens with one attached hydrogen (secondary N) is 1. The van der Waals surface area contributed by atoms with E-state index >= 15 is 0 Å². The van der Waals surface area contributed by atoms with Crippen molar-refractivity contribution in [3.63, 3.8) is 0 Å². The topological polar surface area (TPSA) is 24.4 Å². The van der Waals surface area contributed by atoms with Gasteiger partial charge < -0.3 is 5.43 Å². The highest BCUT2D eigenvalue weighted by Crippen LogP contribution is 2.40. The van der Waals surface area contributed by atoms with Crippen molar-refractivity contribution in [2.75, 3.05) is 0 Å². The predicted octanol–water partition coefficient (Wildman–Crippen LogP) is 3.37. The maximum atomic E-state index is 4.66. The average molecular weight is 250 g/mol. The second-order valence-electron chi connectivity index (χ2n) is 5.81. The first-order chi connectivity index (χ1) is 9.34. The van der Waals surface area contributed by atoms with E-state index in [1.807, 2.05) is 0 Å². The van der Waals surface area contributed by atoms with Crippen LogP contribution in [0.25, 0.3) is 0 Å². The summed E-state index contributed by atoms with van der Waals surface area (Å²) < 4.78 is 0. The lowest BCUT2D eigenvalue weighted by molar-refractivity contribution is 0.463. The maximum absolute atomic E-state index is 4.66. The summed E-state index contributed by atoms with van der Waals surface area (Å²) in [5.41, 5.74) is 8.94. The van der Waals surface area contributed by atoms with Crippen LogP contribution in [0.4, 0.5) is 0 Å². The second-order valence-corrected chi connectivity index (χ2v) is 5.81. The highest BCUT2D eigenvalue weighted by molar-refractivity contribution is 6.06. The molecule has 4 rings (SSSR count). The van der Waals surface area contributed by atoms with Crippen LogP contribution in [-0.2, 0) is 0 Å². The number of rotatable bonds is 1. The SMILES string of the molecule is CC1CC2C(=NNC2C2=CC=CC2)c2ccccc21. The van der Waals surface area contributed by atoms with Crippen LogP contribution in [0.3, 0.4) is 0 Å². The Balaban J connectivity index is 1.73. The average Bonchev–Trinajstić information content (AvgIpc) is 3.07. The van der Waals surface area contributed by atoms with Gasteiger partial charge in [0.05, 0.1) is 11.8 Å². The van der Waals surface area contributed by atoms with E-state index in [0.29, 0.717) is 17.9 Å². The summed E-state index contributed by atoms with van der Waals surface area (Å²) in [5.74, 6) is 1.16. The van der Waals surface area contributed by atoms with Gasteiger partial charge in [0.2, 0.25) is 0 Å². The molecule has 1 aromatic rings. The minimum atomic E-state index is 0.404. The molecule has 0 aromatic heterocycles. The summed E-state index contributed by atoms with van der Waals surface area (Å²) in [4.78, 5) is 0. The summed E-state index contributed by atoms with van der Waals surface area (Å²) in [6, 6.07) is 9.14. The summed E-state index contributed by atoms with van der Waals surface area (Å²) in [7, 11) is 0. The van der Waals surface area contributed by atoms with Gasteiger partial charge in [0.1, 0.15) is 0 Å². The molecule has 2 heteroatoms. The van der Waals surface area contributed by atoms with Gasteiger partial charge in [-0.15, -0.1) is 0 Å². The minimum absolute atomic E-state index is 0.404. The summed E-state index contributed by atoms with van der Waals surface area (Å²) in [6.45, 7) is 2.34. The molecule has 1 heterocycles. The molecule has 0 saturated carbocycles. The molecule has 0 saturated heterocycles. The van der Waals surface area contributed by atoms with Crippen molar-refractivity contribution in [3.8, 4) is 0 Å². The molecule has 0 amide bonds. The van der Waals surface area contributed by atoms with Gasteiger partial charge in [0, 0.05) is 11.5 Å². The first-order valence-electron chi connectivity index (χ1n) is 7.12. The van der Waals surface area contributed by atoms with Crippen LogP contribution in [-0.4, -0.2) is 11.8 Å². The van der Waals surface area contributed by atoms with Crippen LogP contribution in [0.1, 0.15) is 36.8 Å². The number of hydrazone groups is 1. The van der Waals surface area contributed by atoms with Gasteiger partial charge in [-0.2, -0.15) is 5.10 Å². The molecule has 3 aliphatic rings. The molecule has 2 nitrogen and oxygen atoms in total. The quantitative estimate of drug-likeness (QED) is 0.812. The van der Waals surface area contributed by atoms with Crippen molar-refractivity contribution >= 4 is 5.71 Å². The monoisotopic (exact) mass is 250 g/mol. The van der Waals surface area contributed by atoms with Gasteiger partial charge in [-0.1, -0.05) is 49.4 Å². The molecule has 96 valence electrons. The third-order valence-corrected chi connectivity index (χ3v) is 4.65. The van der Waals surface area contributed by atoms with Crippen molar-refractivity contribution < 1.29 is 0 Å². The van der Waals surface area contributed by atoms with Gasteiger partial charge in [-0.25, -0.2) is 0 Å². The first kappa shape index (κ1) is 11.0. The van der Waals surface area contributed by atoms with Crippen molar-refractivity contribution in [1.29, 1.82) is 0 Å². The van der Waals surface area contributed by atoms with Crippen molar-refractivity contribution in [3.05, 3.63) is 59.2 Å². The molecule has 19 heavy (non-hydrogen) atoms. The third-order valence-electron chi connectivity index (χ3n) is 4.65. The number of benzene rings is 1. The van der Waals surface area contributed by atoms with E-state index in [1.165, 1.54) is 28.8 Å². The number of nitrogens with zero attached hydrogens (tertiary/aromatic N) is 1. The lowest BCUT2D eigenvalue weighted by Gasteiger charge is -2.31. The normalized spacial score (nSPS) is 31.3. The van der Waals surface area contributed by atoms with Crippen LogP contribution >= 0.6 is 0 Å². The van der Waals surface area contributed by atoms with E-state index < -0.39 is 0 Å². The molecular weight excluding hydrogens is 232 g/mol. The van der Waals surface area contributed by atoms with Crippen molar-refractivity contribution in [1.82, 2.24) is 5.43 Å². The van der Waals surface area contributed by atoms with Crippen LogP contribution < -0.4 is 5.43 Å². The van der Waals surface area contributed by atoms with Crippen LogP contribution in [0.15, 0.2) is 53.2 Å². The molecule has 0 bridgehead atoms. The number of hydrogen-bond donors (Lipinski definition) is 1. The zero-order valence-electron chi connectivity index (χ0n) is 11.1. The Kier molecular flexibility index (Phi) is 2.37. The summed E-state index contributed by atoms with van der Waals surface area (Å²) in [6.07, 6.45) is 8.92. The van der Waals surface area contributed by atoms with Gasteiger partial charge in [-0.05, 0) is 29.9 Å². The Morgan fingerprint density at radius 1 is 1.26 bits per heavy atom. The van der Waals surface area contributed by atoms with E-state index in [4.69, 9.17) is 0 Å². The van der Waals surface area contributed by atoms with Crippen molar-refractivity contribution in [2.24, 2.45) is 11.0 Å². The maximum Gasteiger partial charge on any atom is 0.0740 e. The largest absolute Gasteiger partial charge is 0.302 e. The second kappa shape index (κ2) is 4.09. The fraction of sp³-hybridized carbons (Fsp3) is 0.353. The van der Waals surface area contributed by atoms with Crippen molar-refractivity contribution in [2.45, 2.75) is 31.7 Å². The molecule has 3 unspecified atom stereocenters. The highest BCUT2D eigenvalue weighted by atomic mass is 15.3. The van der Waals surface area contributed by atoms with Crippen LogP contribution in [0.5, 0.6) is 0 Å². The molecule has 1 N–H and O–H groups in total. The van der Waals surface area contributed by atoms with E-state index in [9.17, 15) is 0 Å². The van der Waals surface area contributed by atoms with Gasteiger partial charge in [0.15, 0.2) is 0 Å². The lowest BCUT2D eigenvalue weighted by atomic mass is 9.73. The first-order valence-corrected chi connectivity index (χ1v) is 7.12. The highest BCUT2D eigenvalue weighted by Gasteiger charge is 2.39. The minimum Gasteiger partial charge on any atom is -0.302 e. The standard InChI is InChI=1S/C17H18N2/c1-11-10-15-16(12-6-2-3-7-12)18-19-17(15)14-9-5-4-8-13(11)14/h2-6,8-9,11,15-16,18H,7,10H2,1H3. The molecule has 2 aliphatic carbocycles. The van der Waals surface area contributed by atoms with E-state index in [1.54, 1.807) is 0 Å². The van der Waals surface area contributed by atoms with Crippen LogP contribution in [0, 0.1) is 5.92 Å². The van der Waals surface area contributed by atoms with Gasteiger partial charge >= 0.3 is 0 Å². The Bertz CT molecular complexity index is 609. The predicted molar refractivity (Wildman–Crippen MR) is 78.3 cm³/mol. The molecular formula is C17H18N2. The Labute approximate surface area is 113 Å². The number of hydrogen-bond acceptors (Lipinski definition) is 2. The zero-order valence-corrected chi connectivity index (χ0v) is 11.1. The zero-order chi connectivity index (χ0) is 12.8. The van der Waals surface area contributed by atoms with E-state index in [-0.39, 0.29) is 0 Å². The van der Waals surface area contributed by atoms with E-state index in [0.717, 1.165) is 6.42 Å². The van der Waals surface area contributed by atoms with Gasteiger partial charge in [-0.3, -0.25) is 0 Å². The molecule has 3 atom stereocenters. The number of allylic oxidation sites excluding steroid dienone is 3. The van der Waals surface area contributed by atoms with Crippen LogP contribution in [0.2, 0.25) is 0 Å². The molecule has 0 radical (unpaired) electrons. The summed E-state index contributed by atoms with van der Waals surface area (Å²) >= 11 is 0. The van der Waals surface area contributed by atoms with Gasteiger partial charge in [0.25, 0.3) is 0 Å². The molecule has 0 spiro atoms. The van der Waals surface area contributed by atoms with E-state index in [2.05, 4.69) is 59.9 Å². The lowest BCUT2D eigenvalue weighted by Crippen LogP contribution is -2.35. The Morgan fingerprint density at radius 3 is 3.00 bits per heavy atom. The summed E-state index contributed by atoms with van der Waals surface area (Å²) in [5, 5.41) is 4.66. The fourth-order valence-electron chi connectivity index (χ4n) is 3.68. The molecule has 1 aliphatic heterocycles. The smallest absolute Gasteiger partial charge is 0.0740 e. The third kappa shape index (κ3) is 1.59. The number of fused-ring (bicyclic) bond motifs is 3. The Morgan fingerprint density at radius 2 is 2.16 bits per heavy atom. The molecule has 0 fully saturated rings. The Hall–Kier alpha value is -1.83. The molecule has 1 aromatic carbocycles.